The molecule has 8 nitrogen and oxygen atoms in total. The number of sulfonamides is 1. The second-order valence-corrected chi connectivity index (χ2v) is 11.1. The fourth-order valence-corrected chi connectivity index (χ4v) is 6.32. The number of fused-ring (bicyclic) bond motifs is 2. The van der Waals surface area contributed by atoms with Crippen molar-refractivity contribution >= 4 is 44.9 Å². The molecule has 0 aromatic heterocycles. The number of amides is 2. The minimum Gasteiger partial charge on any atom is -0.510 e. The van der Waals surface area contributed by atoms with E-state index in [1.54, 1.807) is 0 Å². The monoisotopic (exact) mass is 490 g/mol. The smallest absolute Gasteiger partial charge is 0.320 e. The summed E-state index contributed by atoms with van der Waals surface area (Å²) in [5, 5.41) is 18.3. The van der Waals surface area contributed by atoms with Crippen molar-refractivity contribution in [1.29, 1.82) is 0 Å². The Labute approximate surface area is 189 Å². The summed E-state index contributed by atoms with van der Waals surface area (Å²) >= 11 is 12.2. The van der Waals surface area contributed by atoms with Crippen LogP contribution in [0.5, 0.6) is 0 Å². The number of carbonyl (C=O) groups excluding carboxylic acids is 1. The highest BCUT2D eigenvalue weighted by Crippen LogP contribution is 2.36. The lowest BCUT2D eigenvalue weighted by molar-refractivity contribution is 0.247. The third kappa shape index (κ3) is 4.27. The number of carbonyl (C=O) groups is 1. The molecule has 31 heavy (non-hydrogen) atoms. The van der Waals surface area contributed by atoms with Crippen LogP contribution in [0.1, 0.15) is 12.8 Å². The number of hydrogen-bond donors (Lipinski definition) is 4. The standard InChI is InChI=1S/C19H21Cl2FN4O4S/c20-17-13(22)2-1-3-15(17)25-18(28)24-14-6-7-19(21,8-16(14)27)31(29,30)26-9-11-4-5-12(10-26)23-11/h1-3,6-8,11-12,14,23,27H,4-5,9-10H2,(H2,24,25,28)/t11-,12+,14?,19?. The Hall–Kier alpha value is -1.85. The molecular weight excluding hydrogens is 470 g/mol. The van der Waals surface area contributed by atoms with Crippen LogP contribution in [0.3, 0.4) is 0 Å². The van der Waals surface area contributed by atoms with Gasteiger partial charge in [-0.2, -0.15) is 4.31 Å². The highest BCUT2D eigenvalue weighted by atomic mass is 35.5. The Morgan fingerprint density at radius 3 is 2.61 bits per heavy atom. The van der Waals surface area contributed by atoms with Gasteiger partial charge in [0.05, 0.1) is 10.7 Å². The molecule has 4 rings (SSSR count). The highest BCUT2D eigenvalue weighted by molar-refractivity contribution is 7.92. The largest absolute Gasteiger partial charge is 0.510 e. The Bertz CT molecular complexity index is 1050. The number of urea groups is 1. The SMILES string of the molecule is O=C(Nc1cccc(F)c1Cl)NC1C=CC(Cl)(S(=O)(=O)N2C[C@H]3CC[C@@H](C2)N3)C=C1O. The van der Waals surface area contributed by atoms with Crippen LogP contribution in [0.2, 0.25) is 5.02 Å². The first kappa shape index (κ1) is 22.3. The van der Waals surface area contributed by atoms with Gasteiger partial charge >= 0.3 is 6.03 Å². The quantitative estimate of drug-likeness (QED) is 0.383. The maximum Gasteiger partial charge on any atom is 0.320 e. The predicted octanol–water partition coefficient (Wildman–Crippen LogP) is 2.68. The van der Waals surface area contributed by atoms with E-state index in [9.17, 15) is 22.7 Å². The zero-order chi connectivity index (χ0) is 22.4. The number of rotatable bonds is 4. The summed E-state index contributed by atoms with van der Waals surface area (Å²) in [6.45, 7) is 0.627. The van der Waals surface area contributed by atoms with Gasteiger partial charge in [0.2, 0.25) is 10.0 Å². The molecule has 0 spiro atoms. The molecule has 0 radical (unpaired) electrons. The maximum atomic E-state index is 13.5. The van der Waals surface area contributed by atoms with Crippen molar-refractivity contribution in [2.45, 2.75) is 35.2 Å². The first-order valence-electron chi connectivity index (χ1n) is 9.66. The summed E-state index contributed by atoms with van der Waals surface area (Å²) < 4.78 is 39.2. The summed E-state index contributed by atoms with van der Waals surface area (Å²) in [5.41, 5.74) is 0.0463. The molecular formula is C19H21Cl2FN4O4S. The fourth-order valence-electron chi connectivity index (χ4n) is 4.00. The number of benzene rings is 1. The molecule has 4 atom stereocenters. The summed E-state index contributed by atoms with van der Waals surface area (Å²) in [7, 11) is -4.01. The zero-order valence-electron chi connectivity index (χ0n) is 16.2. The van der Waals surface area contributed by atoms with Crippen LogP contribution in [-0.4, -0.2) is 59.3 Å². The van der Waals surface area contributed by atoms with Gasteiger partial charge in [0.1, 0.15) is 17.6 Å². The number of anilines is 1. The lowest BCUT2D eigenvalue weighted by atomic mass is 10.1. The van der Waals surface area contributed by atoms with Gasteiger partial charge in [-0.05, 0) is 37.1 Å². The highest BCUT2D eigenvalue weighted by Gasteiger charge is 2.48. The molecule has 2 aliphatic heterocycles. The number of hydrogen-bond acceptors (Lipinski definition) is 5. The van der Waals surface area contributed by atoms with E-state index in [0.717, 1.165) is 25.0 Å². The number of aliphatic hydroxyl groups is 1. The van der Waals surface area contributed by atoms with Crippen molar-refractivity contribution in [3.8, 4) is 0 Å². The van der Waals surface area contributed by atoms with E-state index in [0.29, 0.717) is 13.1 Å². The molecule has 1 aliphatic carbocycles. The van der Waals surface area contributed by atoms with Crippen molar-refractivity contribution in [3.05, 3.63) is 53.0 Å². The van der Waals surface area contributed by atoms with E-state index in [1.165, 1.54) is 28.6 Å². The van der Waals surface area contributed by atoms with Crippen molar-refractivity contribution in [2.75, 3.05) is 18.4 Å². The van der Waals surface area contributed by atoms with Gasteiger partial charge in [-0.3, -0.25) is 0 Å². The van der Waals surface area contributed by atoms with E-state index in [1.807, 2.05) is 0 Å². The van der Waals surface area contributed by atoms with Gasteiger partial charge in [0.25, 0.3) is 0 Å². The predicted molar refractivity (Wildman–Crippen MR) is 116 cm³/mol. The van der Waals surface area contributed by atoms with Crippen LogP contribution in [0.25, 0.3) is 0 Å². The van der Waals surface area contributed by atoms with E-state index < -0.39 is 37.9 Å². The van der Waals surface area contributed by atoms with E-state index in [2.05, 4.69) is 16.0 Å². The average molecular weight is 491 g/mol. The third-order valence-corrected chi connectivity index (χ3v) is 8.81. The Morgan fingerprint density at radius 2 is 1.97 bits per heavy atom. The summed E-state index contributed by atoms with van der Waals surface area (Å²) in [5.74, 6) is -1.13. The number of alkyl halides is 1. The Balaban J connectivity index is 1.45. The van der Waals surface area contributed by atoms with Gasteiger partial charge in [-0.15, -0.1) is 0 Å². The van der Waals surface area contributed by atoms with Crippen LogP contribution in [0.15, 0.2) is 42.2 Å². The van der Waals surface area contributed by atoms with Gasteiger partial charge < -0.3 is 21.1 Å². The molecule has 1 aromatic rings. The van der Waals surface area contributed by atoms with E-state index in [4.69, 9.17) is 23.2 Å². The second-order valence-electron chi connectivity index (χ2n) is 7.76. The molecule has 3 aliphatic rings. The molecule has 2 amide bonds. The minimum atomic E-state index is -4.01. The van der Waals surface area contributed by atoms with Crippen molar-refractivity contribution < 1.29 is 22.7 Å². The zero-order valence-corrected chi connectivity index (χ0v) is 18.5. The lowest BCUT2D eigenvalue weighted by Gasteiger charge is -2.37. The Kier molecular flexibility index (Phi) is 5.95. The maximum absolute atomic E-state index is 13.5. The first-order chi connectivity index (χ1) is 14.6. The van der Waals surface area contributed by atoms with Crippen molar-refractivity contribution in [2.24, 2.45) is 0 Å². The van der Waals surface area contributed by atoms with Gasteiger partial charge in [0.15, 0.2) is 4.21 Å². The van der Waals surface area contributed by atoms with Crippen LogP contribution in [0.4, 0.5) is 14.9 Å². The molecule has 2 heterocycles. The molecule has 12 heteroatoms. The van der Waals surface area contributed by atoms with E-state index >= 15 is 0 Å². The number of aliphatic hydroxyl groups excluding tert-OH is 1. The number of nitrogens with zero attached hydrogens (tertiary/aromatic N) is 1. The molecule has 1 aromatic carbocycles. The lowest BCUT2D eigenvalue weighted by Crippen LogP contribution is -2.56. The third-order valence-electron chi connectivity index (χ3n) is 5.58. The van der Waals surface area contributed by atoms with Crippen molar-refractivity contribution in [3.63, 3.8) is 0 Å². The summed E-state index contributed by atoms with van der Waals surface area (Å²) in [4.78, 5) is 12.2. The van der Waals surface area contributed by atoms with Crippen LogP contribution >= 0.6 is 23.2 Å². The van der Waals surface area contributed by atoms with Gasteiger partial charge in [0, 0.05) is 25.2 Å². The second kappa shape index (κ2) is 8.25. The van der Waals surface area contributed by atoms with E-state index in [-0.39, 0.29) is 22.8 Å². The van der Waals surface area contributed by atoms with Gasteiger partial charge in [-0.25, -0.2) is 17.6 Å². The molecule has 4 N–H and O–H groups in total. The molecule has 168 valence electrons. The van der Waals surface area contributed by atoms with Crippen LogP contribution in [-0.2, 0) is 10.0 Å². The Morgan fingerprint density at radius 1 is 1.29 bits per heavy atom. The molecule has 2 saturated heterocycles. The summed E-state index contributed by atoms with van der Waals surface area (Å²) in [6.07, 6.45) is 5.34. The minimum absolute atomic E-state index is 0.0463. The van der Waals surface area contributed by atoms with Crippen LogP contribution in [0, 0.1) is 5.82 Å². The topological polar surface area (TPSA) is 111 Å². The molecule has 2 fully saturated rings. The summed E-state index contributed by atoms with van der Waals surface area (Å²) in [6, 6.07) is 2.32. The number of halogens is 3. The van der Waals surface area contributed by atoms with Crippen LogP contribution < -0.4 is 16.0 Å². The number of nitrogens with one attached hydrogen (secondary N) is 3. The molecule has 2 unspecified atom stereocenters. The van der Waals surface area contributed by atoms with Gasteiger partial charge in [-0.1, -0.05) is 35.3 Å². The number of piperazine rings is 1. The van der Waals surface area contributed by atoms with Crippen molar-refractivity contribution in [1.82, 2.24) is 14.9 Å². The fraction of sp³-hybridized carbons (Fsp3) is 0.421. The molecule has 0 saturated carbocycles. The first-order valence-corrected chi connectivity index (χ1v) is 11.9. The molecule has 2 bridgehead atoms. The normalized spacial score (nSPS) is 30.7. The average Bonchev–Trinajstić information content (AvgIpc) is 3.05.